The standard InChI is InChI=1S/C15H12BrF2NO2/c16-11-6-13(17)12(14(18)7-11)8-19-15(20)21-9-10-4-2-1-3-5-10/h1-7H,8-9H2,(H,19,20). The maximum Gasteiger partial charge on any atom is 0.407 e. The number of hydrogen-bond donors (Lipinski definition) is 1. The van der Waals surface area contributed by atoms with Gasteiger partial charge in [0.15, 0.2) is 0 Å². The Morgan fingerprint density at radius 1 is 1.14 bits per heavy atom. The number of carbonyl (C=O) groups is 1. The second kappa shape index (κ2) is 7.17. The zero-order valence-corrected chi connectivity index (χ0v) is 12.5. The molecule has 0 saturated heterocycles. The summed E-state index contributed by atoms with van der Waals surface area (Å²) in [5.74, 6) is -1.46. The summed E-state index contributed by atoms with van der Waals surface area (Å²) in [6.45, 7) is -0.184. The van der Waals surface area contributed by atoms with Crippen LogP contribution in [0, 0.1) is 11.6 Å². The number of ether oxygens (including phenoxy) is 1. The third-order valence-corrected chi connectivity index (χ3v) is 3.19. The molecular weight excluding hydrogens is 344 g/mol. The monoisotopic (exact) mass is 355 g/mol. The van der Waals surface area contributed by atoms with Crippen LogP contribution >= 0.6 is 15.9 Å². The van der Waals surface area contributed by atoms with Crippen LogP contribution in [0.15, 0.2) is 46.9 Å². The predicted molar refractivity (Wildman–Crippen MR) is 77.5 cm³/mol. The van der Waals surface area contributed by atoms with Crippen molar-refractivity contribution in [2.24, 2.45) is 0 Å². The Morgan fingerprint density at radius 3 is 2.38 bits per heavy atom. The number of carbonyl (C=O) groups excluding carboxylic acids is 1. The van der Waals surface area contributed by atoms with E-state index in [1.165, 1.54) is 0 Å². The van der Waals surface area contributed by atoms with Gasteiger partial charge in [0.1, 0.15) is 18.2 Å². The van der Waals surface area contributed by atoms with Crippen molar-refractivity contribution in [2.45, 2.75) is 13.2 Å². The van der Waals surface area contributed by atoms with Gasteiger partial charge in [-0.25, -0.2) is 13.6 Å². The molecule has 110 valence electrons. The van der Waals surface area contributed by atoms with Crippen molar-refractivity contribution in [3.8, 4) is 0 Å². The van der Waals surface area contributed by atoms with E-state index in [0.29, 0.717) is 4.47 Å². The van der Waals surface area contributed by atoms with Crippen molar-refractivity contribution >= 4 is 22.0 Å². The molecule has 1 amide bonds. The zero-order chi connectivity index (χ0) is 15.2. The fourth-order valence-electron chi connectivity index (χ4n) is 1.68. The van der Waals surface area contributed by atoms with Gasteiger partial charge in [-0.3, -0.25) is 0 Å². The van der Waals surface area contributed by atoms with Gasteiger partial charge in [0.2, 0.25) is 0 Å². The molecule has 0 bridgehead atoms. The van der Waals surface area contributed by atoms with Crippen LogP contribution in [0.1, 0.15) is 11.1 Å². The topological polar surface area (TPSA) is 38.3 Å². The molecule has 0 atom stereocenters. The van der Waals surface area contributed by atoms with Gasteiger partial charge in [0.05, 0.1) is 6.54 Å². The molecule has 0 spiro atoms. The molecule has 0 unspecified atom stereocenters. The molecule has 0 aliphatic heterocycles. The van der Waals surface area contributed by atoms with E-state index in [9.17, 15) is 13.6 Å². The third-order valence-electron chi connectivity index (χ3n) is 2.73. The van der Waals surface area contributed by atoms with E-state index in [2.05, 4.69) is 21.2 Å². The van der Waals surface area contributed by atoms with Crippen LogP contribution in [0.5, 0.6) is 0 Å². The van der Waals surface area contributed by atoms with Crippen LogP contribution in [-0.4, -0.2) is 6.09 Å². The van der Waals surface area contributed by atoms with E-state index in [1.807, 2.05) is 18.2 Å². The summed E-state index contributed by atoms with van der Waals surface area (Å²) in [6.07, 6.45) is -0.736. The molecular formula is C15H12BrF2NO2. The van der Waals surface area contributed by atoms with Crippen LogP contribution in [0.25, 0.3) is 0 Å². The van der Waals surface area contributed by atoms with E-state index in [4.69, 9.17) is 4.74 Å². The van der Waals surface area contributed by atoms with Crippen molar-refractivity contribution in [3.63, 3.8) is 0 Å². The number of benzene rings is 2. The summed E-state index contributed by atoms with van der Waals surface area (Å²) in [5.41, 5.74) is 0.614. The van der Waals surface area contributed by atoms with Crippen molar-refractivity contribution in [1.82, 2.24) is 5.32 Å². The lowest BCUT2D eigenvalue weighted by atomic mass is 10.2. The van der Waals surface area contributed by atoms with E-state index >= 15 is 0 Å². The number of hydrogen-bond acceptors (Lipinski definition) is 2. The average Bonchev–Trinajstić information content (AvgIpc) is 2.45. The largest absolute Gasteiger partial charge is 0.445 e. The molecule has 0 fully saturated rings. The summed E-state index contributed by atoms with van der Waals surface area (Å²) < 4.78 is 32.3. The Hall–Kier alpha value is -1.95. The minimum absolute atomic E-state index is 0.0952. The fourth-order valence-corrected chi connectivity index (χ4v) is 2.08. The number of alkyl carbamates (subject to hydrolysis) is 1. The lowest BCUT2D eigenvalue weighted by Crippen LogP contribution is -2.24. The highest BCUT2D eigenvalue weighted by Gasteiger charge is 2.12. The van der Waals surface area contributed by atoms with Gasteiger partial charge in [-0.2, -0.15) is 0 Å². The summed E-state index contributed by atoms with van der Waals surface area (Å²) in [7, 11) is 0. The number of amides is 1. The first-order valence-electron chi connectivity index (χ1n) is 6.14. The van der Waals surface area contributed by atoms with Gasteiger partial charge in [0, 0.05) is 10.0 Å². The van der Waals surface area contributed by atoms with Crippen LogP contribution in [0.4, 0.5) is 13.6 Å². The van der Waals surface area contributed by atoms with E-state index in [0.717, 1.165) is 17.7 Å². The zero-order valence-electron chi connectivity index (χ0n) is 10.9. The van der Waals surface area contributed by atoms with E-state index in [-0.39, 0.29) is 18.7 Å². The second-order valence-electron chi connectivity index (χ2n) is 4.26. The Bertz CT molecular complexity index is 612. The summed E-state index contributed by atoms with van der Waals surface area (Å²) >= 11 is 2.99. The van der Waals surface area contributed by atoms with Gasteiger partial charge >= 0.3 is 6.09 Å². The molecule has 0 heterocycles. The highest BCUT2D eigenvalue weighted by atomic mass is 79.9. The summed E-state index contributed by atoms with van der Waals surface area (Å²) in [6, 6.07) is 11.4. The van der Waals surface area contributed by atoms with Crippen LogP contribution in [0.3, 0.4) is 0 Å². The predicted octanol–water partition coefficient (Wildman–Crippen LogP) is 4.15. The quantitative estimate of drug-likeness (QED) is 0.894. The third kappa shape index (κ3) is 4.53. The second-order valence-corrected chi connectivity index (χ2v) is 5.18. The maximum atomic E-state index is 13.6. The fraction of sp³-hybridized carbons (Fsp3) is 0.133. The molecule has 0 aliphatic rings. The van der Waals surface area contributed by atoms with E-state index in [1.54, 1.807) is 12.1 Å². The molecule has 0 radical (unpaired) electrons. The molecule has 3 nitrogen and oxygen atoms in total. The van der Waals surface area contributed by atoms with E-state index < -0.39 is 17.7 Å². The van der Waals surface area contributed by atoms with Crippen molar-refractivity contribution in [3.05, 3.63) is 69.7 Å². The van der Waals surface area contributed by atoms with Gasteiger partial charge in [0.25, 0.3) is 0 Å². The van der Waals surface area contributed by atoms with Gasteiger partial charge < -0.3 is 10.1 Å². The van der Waals surface area contributed by atoms with Crippen molar-refractivity contribution < 1.29 is 18.3 Å². The molecule has 2 rings (SSSR count). The Labute approximate surface area is 129 Å². The highest BCUT2D eigenvalue weighted by molar-refractivity contribution is 9.10. The van der Waals surface area contributed by atoms with Crippen molar-refractivity contribution in [1.29, 1.82) is 0 Å². The molecule has 6 heteroatoms. The lowest BCUT2D eigenvalue weighted by Gasteiger charge is -2.09. The SMILES string of the molecule is O=C(NCc1c(F)cc(Br)cc1F)OCc1ccccc1. The number of halogens is 3. The molecule has 0 aromatic heterocycles. The number of rotatable bonds is 4. The highest BCUT2D eigenvalue weighted by Crippen LogP contribution is 2.19. The van der Waals surface area contributed by atoms with Gasteiger partial charge in [-0.05, 0) is 17.7 Å². The number of nitrogens with one attached hydrogen (secondary N) is 1. The first-order chi connectivity index (χ1) is 10.1. The summed E-state index contributed by atoms with van der Waals surface area (Å²) in [4.78, 5) is 11.5. The molecule has 0 aliphatic carbocycles. The minimum atomic E-state index is -0.736. The Balaban J connectivity index is 1.87. The van der Waals surface area contributed by atoms with Crippen LogP contribution < -0.4 is 5.32 Å². The molecule has 2 aromatic carbocycles. The molecule has 1 N–H and O–H groups in total. The summed E-state index contributed by atoms with van der Waals surface area (Å²) in [5, 5.41) is 2.31. The van der Waals surface area contributed by atoms with Crippen LogP contribution in [0.2, 0.25) is 0 Å². The van der Waals surface area contributed by atoms with Gasteiger partial charge in [-0.1, -0.05) is 46.3 Å². The Morgan fingerprint density at radius 2 is 1.76 bits per heavy atom. The molecule has 0 saturated carbocycles. The van der Waals surface area contributed by atoms with Crippen molar-refractivity contribution in [2.75, 3.05) is 0 Å². The first-order valence-corrected chi connectivity index (χ1v) is 6.93. The Kier molecular flexibility index (Phi) is 5.27. The van der Waals surface area contributed by atoms with Gasteiger partial charge in [-0.15, -0.1) is 0 Å². The first kappa shape index (κ1) is 15.4. The van der Waals surface area contributed by atoms with Crippen LogP contribution in [-0.2, 0) is 17.9 Å². The smallest absolute Gasteiger partial charge is 0.407 e. The molecule has 2 aromatic rings. The minimum Gasteiger partial charge on any atom is -0.445 e. The normalized spacial score (nSPS) is 10.2. The average molecular weight is 356 g/mol. The lowest BCUT2D eigenvalue weighted by molar-refractivity contribution is 0.139. The maximum absolute atomic E-state index is 13.6. The molecule has 21 heavy (non-hydrogen) atoms.